The topological polar surface area (TPSA) is 66.9 Å². The second-order valence-corrected chi connectivity index (χ2v) is 6.83. The monoisotopic (exact) mass is 276 g/mol. The van der Waals surface area contributed by atoms with Crippen molar-refractivity contribution in [2.45, 2.75) is 25.9 Å². The lowest BCUT2D eigenvalue weighted by atomic mass is 10.2. The van der Waals surface area contributed by atoms with Crippen LogP contribution in [0.1, 0.15) is 19.8 Å². The molecule has 0 aromatic rings. The second-order valence-electron chi connectivity index (χ2n) is 4.74. The summed E-state index contributed by atoms with van der Waals surface area (Å²) in [4.78, 5) is 13.8. The van der Waals surface area contributed by atoms with E-state index in [-0.39, 0.29) is 24.3 Å². The van der Waals surface area contributed by atoms with Crippen LogP contribution in [0, 0.1) is 0 Å². The summed E-state index contributed by atoms with van der Waals surface area (Å²) in [5.41, 5.74) is 0. The lowest BCUT2D eigenvalue weighted by Crippen LogP contribution is -2.49. The minimum Gasteiger partial charge on any atom is -0.375 e. The van der Waals surface area contributed by atoms with Crippen molar-refractivity contribution in [3.05, 3.63) is 0 Å². The molecule has 2 saturated heterocycles. The first-order valence-corrected chi connectivity index (χ1v) is 8.01. The van der Waals surface area contributed by atoms with Crippen LogP contribution in [0.25, 0.3) is 0 Å². The molecular formula is C11H20N2O4S. The van der Waals surface area contributed by atoms with E-state index in [4.69, 9.17) is 4.74 Å². The zero-order valence-corrected chi connectivity index (χ0v) is 11.5. The number of hydrogen-bond acceptors (Lipinski definition) is 4. The number of sulfonamides is 1. The van der Waals surface area contributed by atoms with Crippen molar-refractivity contribution in [1.82, 2.24) is 9.21 Å². The van der Waals surface area contributed by atoms with Gasteiger partial charge in [0, 0.05) is 19.6 Å². The number of nitrogens with zero attached hydrogens (tertiary/aromatic N) is 2. The Bertz CT molecular complexity index is 409. The molecule has 6 nitrogen and oxygen atoms in total. The lowest BCUT2D eigenvalue weighted by molar-refractivity contribution is -0.138. The fraction of sp³-hybridized carbons (Fsp3) is 0.909. The third-order valence-electron chi connectivity index (χ3n) is 3.46. The molecule has 0 aromatic carbocycles. The molecule has 0 bridgehead atoms. The first-order chi connectivity index (χ1) is 8.53. The highest BCUT2D eigenvalue weighted by molar-refractivity contribution is 7.89. The Morgan fingerprint density at radius 2 is 2.17 bits per heavy atom. The summed E-state index contributed by atoms with van der Waals surface area (Å²) in [6.07, 6.45) is 1.57. The van der Waals surface area contributed by atoms with Crippen LogP contribution < -0.4 is 0 Å². The number of hydrogen-bond donors (Lipinski definition) is 0. The summed E-state index contributed by atoms with van der Waals surface area (Å²) in [7, 11) is -3.19. The van der Waals surface area contributed by atoms with E-state index in [0.29, 0.717) is 32.7 Å². The van der Waals surface area contributed by atoms with Crippen LogP contribution in [0.3, 0.4) is 0 Å². The predicted octanol–water partition coefficient (Wildman–Crippen LogP) is -0.341. The third kappa shape index (κ3) is 3.02. The van der Waals surface area contributed by atoms with E-state index in [1.807, 2.05) is 6.92 Å². The Balaban J connectivity index is 1.91. The molecule has 2 fully saturated rings. The number of carbonyl (C=O) groups excluding carboxylic acids is 1. The van der Waals surface area contributed by atoms with Crippen LogP contribution in [0.5, 0.6) is 0 Å². The average molecular weight is 276 g/mol. The van der Waals surface area contributed by atoms with E-state index >= 15 is 0 Å². The Labute approximate surface area is 108 Å². The molecule has 0 spiro atoms. The van der Waals surface area contributed by atoms with Crippen molar-refractivity contribution in [3.8, 4) is 0 Å². The van der Waals surface area contributed by atoms with E-state index < -0.39 is 10.0 Å². The Morgan fingerprint density at radius 1 is 1.39 bits per heavy atom. The maximum absolute atomic E-state index is 12.1. The second kappa shape index (κ2) is 5.54. The molecular weight excluding hydrogens is 256 g/mol. The Hall–Kier alpha value is -0.660. The van der Waals surface area contributed by atoms with E-state index in [1.165, 1.54) is 4.31 Å². The van der Waals surface area contributed by atoms with Gasteiger partial charge in [-0.3, -0.25) is 4.79 Å². The molecule has 0 saturated carbocycles. The lowest BCUT2D eigenvalue weighted by Gasteiger charge is -2.33. The molecule has 104 valence electrons. The van der Waals surface area contributed by atoms with Crippen LogP contribution in [0.4, 0.5) is 0 Å². The zero-order valence-electron chi connectivity index (χ0n) is 10.7. The van der Waals surface area contributed by atoms with E-state index in [1.54, 1.807) is 4.90 Å². The fourth-order valence-corrected chi connectivity index (χ4v) is 3.78. The molecule has 2 aliphatic rings. The van der Waals surface area contributed by atoms with Crippen LogP contribution in [-0.4, -0.2) is 68.2 Å². The molecule has 0 aliphatic carbocycles. The molecule has 0 N–H and O–H groups in total. The largest absolute Gasteiger partial charge is 0.375 e. The molecule has 18 heavy (non-hydrogen) atoms. The van der Waals surface area contributed by atoms with Gasteiger partial charge in [0.25, 0.3) is 0 Å². The van der Waals surface area contributed by atoms with Crippen LogP contribution in [-0.2, 0) is 19.6 Å². The minimum atomic E-state index is -3.19. The highest BCUT2D eigenvalue weighted by atomic mass is 32.2. The Kier molecular flexibility index (Phi) is 4.24. The van der Waals surface area contributed by atoms with E-state index in [9.17, 15) is 13.2 Å². The van der Waals surface area contributed by atoms with Gasteiger partial charge in [0.15, 0.2) is 0 Å². The smallest absolute Gasteiger partial charge is 0.238 e. The maximum atomic E-state index is 12.1. The van der Waals surface area contributed by atoms with Gasteiger partial charge in [-0.05, 0) is 12.8 Å². The average Bonchev–Trinajstić information content (AvgIpc) is 2.69. The van der Waals surface area contributed by atoms with Crippen LogP contribution in [0.15, 0.2) is 0 Å². The molecule has 0 aromatic heterocycles. The van der Waals surface area contributed by atoms with Crippen LogP contribution >= 0.6 is 0 Å². The summed E-state index contributed by atoms with van der Waals surface area (Å²) >= 11 is 0. The summed E-state index contributed by atoms with van der Waals surface area (Å²) in [6, 6.07) is 0. The van der Waals surface area contributed by atoms with Gasteiger partial charge in [-0.25, -0.2) is 8.42 Å². The molecule has 2 heterocycles. The van der Waals surface area contributed by atoms with Gasteiger partial charge in [-0.15, -0.1) is 0 Å². The van der Waals surface area contributed by atoms with Crippen molar-refractivity contribution in [2.24, 2.45) is 0 Å². The minimum absolute atomic E-state index is 0.0151. The van der Waals surface area contributed by atoms with Crippen molar-refractivity contribution >= 4 is 15.9 Å². The molecule has 7 heteroatoms. The van der Waals surface area contributed by atoms with Crippen molar-refractivity contribution in [2.75, 3.05) is 38.5 Å². The van der Waals surface area contributed by atoms with Gasteiger partial charge in [0.1, 0.15) is 0 Å². The molecule has 0 radical (unpaired) electrons. The van der Waals surface area contributed by atoms with E-state index in [2.05, 4.69) is 0 Å². The maximum Gasteiger partial charge on any atom is 0.238 e. The van der Waals surface area contributed by atoms with Crippen molar-refractivity contribution < 1.29 is 17.9 Å². The van der Waals surface area contributed by atoms with Crippen molar-refractivity contribution in [3.63, 3.8) is 0 Å². The highest BCUT2D eigenvalue weighted by Crippen LogP contribution is 2.14. The predicted molar refractivity (Wildman–Crippen MR) is 66.6 cm³/mol. The third-order valence-corrected chi connectivity index (χ3v) is 5.36. The normalized spacial score (nSPS) is 28.5. The number of rotatable bonds is 3. The molecule has 2 rings (SSSR count). The van der Waals surface area contributed by atoms with Gasteiger partial charge in [-0.1, -0.05) is 6.92 Å². The number of ether oxygens (including phenoxy) is 1. The van der Waals surface area contributed by atoms with E-state index in [0.717, 1.165) is 6.42 Å². The molecule has 1 amide bonds. The summed E-state index contributed by atoms with van der Waals surface area (Å²) in [5.74, 6) is 0.0586. The molecule has 2 aliphatic heterocycles. The fourth-order valence-electron chi connectivity index (χ4n) is 2.31. The zero-order chi connectivity index (χ0) is 13.2. The number of carbonyl (C=O) groups is 1. The van der Waals surface area contributed by atoms with Crippen molar-refractivity contribution in [1.29, 1.82) is 0 Å². The summed E-state index contributed by atoms with van der Waals surface area (Å²) < 4.78 is 30.1. The quantitative estimate of drug-likeness (QED) is 0.707. The Morgan fingerprint density at radius 3 is 2.78 bits per heavy atom. The van der Waals surface area contributed by atoms with Gasteiger partial charge >= 0.3 is 0 Å². The summed E-state index contributed by atoms with van der Waals surface area (Å²) in [6.45, 7) is 4.14. The first-order valence-electron chi connectivity index (χ1n) is 6.40. The number of amides is 1. The van der Waals surface area contributed by atoms with Gasteiger partial charge in [0.2, 0.25) is 15.9 Å². The van der Waals surface area contributed by atoms with Crippen LogP contribution in [0.2, 0.25) is 0 Å². The number of morpholine rings is 1. The van der Waals surface area contributed by atoms with Gasteiger partial charge in [0.05, 0.1) is 25.0 Å². The SMILES string of the molecule is CCC1CN(C(=O)CN2CCCS2(=O)=O)CCO1. The van der Waals surface area contributed by atoms with Gasteiger partial charge in [-0.2, -0.15) is 4.31 Å². The van der Waals surface area contributed by atoms with Gasteiger partial charge < -0.3 is 9.64 Å². The summed E-state index contributed by atoms with van der Waals surface area (Å²) in [5, 5.41) is 0. The standard InChI is InChI=1S/C11H20N2O4S/c1-2-10-8-12(5-6-17-10)11(14)9-13-4-3-7-18(13,15)16/h10H,2-9H2,1H3. The molecule has 1 atom stereocenters. The highest BCUT2D eigenvalue weighted by Gasteiger charge is 2.32. The first kappa shape index (κ1) is 13.8. The molecule has 1 unspecified atom stereocenters.